The maximum atomic E-state index is 13.9. The average molecular weight is 774 g/mol. The van der Waals surface area contributed by atoms with Crippen LogP contribution < -0.4 is 10.6 Å². The number of likely N-dealkylation sites (tertiary alicyclic amines) is 2. The first kappa shape index (κ1) is 38.3. The number of hydrogen-bond acceptors (Lipinski definition) is 6. The van der Waals surface area contributed by atoms with Crippen LogP contribution in [0.15, 0.2) is 127 Å². The van der Waals surface area contributed by atoms with E-state index < -0.39 is 12.1 Å². The average Bonchev–Trinajstić information content (AvgIpc) is 4.09. The molecule has 3 N–H and O–H groups in total. The van der Waals surface area contributed by atoms with Crippen LogP contribution in [0.3, 0.4) is 0 Å². The molecule has 2 saturated heterocycles. The van der Waals surface area contributed by atoms with Crippen molar-refractivity contribution in [1.29, 1.82) is 0 Å². The Kier molecular flexibility index (Phi) is 11.1. The van der Waals surface area contributed by atoms with Gasteiger partial charge in [0.1, 0.15) is 17.9 Å². The Hall–Kier alpha value is -6.62. The molecule has 3 aliphatic heterocycles. The molecule has 0 saturated carbocycles. The highest BCUT2D eigenvalue weighted by Crippen LogP contribution is 2.36. The van der Waals surface area contributed by atoms with Crippen molar-refractivity contribution in [2.45, 2.75) is 70.1 Å². The van der Waals surface area contributed by atoms with Crippen LogP contribution in [0.25, 0.3) is 28.0 Å². The van der Waals surface area contributed by atoms with E-state index in [9.17, 15) is 19.2 Å². The van der Waals surface area contributed by atoms with Gasteiger partial charge in [0.05, 0.1) is 24.0 Å². The summed E-state index contributed by atoms with van der Waals surface area (Å²) in [6.45, 7) is 4.10. The van der Waals surface area contributed by atoms with Crippen LogP contribution >= 0.6 is 0 Å². The molecule has 8 rings (SSSR count). The standard InChI is InChI=1S/C47H47N7O4/c1-30(55)50-43(36-11-5-3-6-12-36)46(57)53-25-9-15-41(53)39-27-38(28-48-39)34-19-17-32(18-20-34)33-21-23-35(24-22-33)40-29-49-45(52-40)42-16-10-26-54(42)47(58)44(51-31(2)56)37-13-7-4-8-14-37/h3-8,11-14,17-24,28-29,41-44H,9-10,15-16,25-27H2,1-2H3,(H,49,52)(H,50,55)(H,51,56)/t41-,42-,43+,44+/m0/s1. The summed E-state index contributed by atoms with van der Waals surface area (Å²) >= 11 is 0. The Balaban J connectivity index is 0.901. The molecule has 11 heteroatoms. The predicted molar refractivity (Wildman–Crippen MR) is 224 cm³/mol. The first-order valence-corrected chi connectivity index (χ1v) is 20.0. The lowest BCUT2D eigenvalue weighted by molar-refractivity contribution is -0.137. The van der Waals surface area contributed by atoms with Gasteiger partial charge in [-0.1, -0.05) is 109 Å². The second-order valence-electron chi connectivity index (χ2n) is 15.3. The van der Waals surface area contributed by atoms with Gasteiger partial charge in [-0.15, -0.1) is 0 Å². The molecule has 58 heavy (non-hydrogen) atoms. The van der Waals surface area contributed by atoms with E-state index in [0.717, 1.165) is 81.9 Å². The number of rotatable bonds is 11. The molecule has 5 aromatic rings. The smallest absolute Gasteiger partial charge is 0.250 e. The van der Waals surface area contributed by atoms with Crippen molar-refractivity contribution in [3.63, 3.8) is 0 Å². The normalized spacial score (nSPS) is 18.7. The zero-order valence-corrected chi connectivity index (χ0v) is 32.7. The molecule has 4 atom stereocenters. The summed E-state index contributed by atoms with van der Waals surface area (Å²) in [6.07, 6.45) is 7.78. The van der Waals surface area contributed by atoms with E-state index in [0.29, 0.717) is 19.5 Å². The molecule has 3 aliphatic rings. The fourth-order valence-corrected chi connectivity index (χ4v) is 8.50. The maximum Gasteiger partial charge on any atom is 0.250 e. The van der Waals surface area contributed by atoms with Gasteiger partial charge in [0, 0.05) is 45.3 Å². The lowest BCUT2D eigenvalue weighted by Crippen LogP contribution is -2.46. The lowest BCUT2D eigenvalue weighted by Gasteiger charge is -2.29. The summed E-state index contributed by atoms with van der Waals surface area (Å²) in [5, 5.41) is 5.72. The molecule has 0 aliphatic carbocycles. The number of imidazole rings is 1. The van der Waals surface area contributed by atoms with E-state index in [1.54, 1.807) is 0 Å². The van der Waals surface area contributed by atoms with E-state index >= 15 is 0 Å². The summed E-state index contributed by atoms with van der Waals surface area (Å²) in [7, 11) is 0. The number of benzene rings is 4. The minimum Gasteiger partial charge on any atom is -0.341 e. The first-order chi connectivity index (χ1) is 28.2. The summed E-state index contributed by atoms with van der Waals surface area (Å²) in [4.78, 5) is 68.6. The fourth-order valence-electron chi connectivity index (χ4n) is 8.50. The first-order valence-electron chi connectivity index (χ1n) is 20.0. The molecular weight excluding hydrogens is 727 g/mol. The molecule has 4 amide bonds. The summed E-state index contributed by atoms with van der Waals surface area (Å²) in [6, 6.07) is 33.8. The molecule has 2 fully saturated rings. The zero-order valence-electron chi connectivity index (χ0n) is 32.7. The van der Waals surface area contributed by atoms with Crippen LogP contribution in [0, 0.1) is 0 Å². The minimum absolute atomic E-state index is 0.104. The quantitative estimate of drug-likeness (QED) is 0.129. The number of allylic oxidation sites excluding steroid dienone is 1. The molecule has 0 radical (unpaired) electrons. The van der Waals surface area contributed by atoms with Gasteiger partial charge in [-0.2, -0.15) is 0 Å². The van der Waals surface area contributed by atoms with Gasteiger partial charge in [0.25, 0.3) is 0 Å². The van der Waals surface area contributed by atoms with Crippen LogP contribution in [0.5, 0.6) is 0 Å². The van der Waals surface area contributed by atoms with Gasteiger partial charge in [-0.3, -0.25) is 24.2 Å². The molecular formula is C47H47N7O4. The fraction of sp³-hybridized carbons (Fsp3) is 0.277. The van der Waals surface area contributed by atoms with Gasteiger partial charge >= 0.3 is 0 Å². The molecule has 11 nitrogen and oxygen atoms in total. The van der Waals surface area contributed by atoms with Crippen molar-refractivity contribution in [1.82, 2.24) is 30.4 Å². The lowest BCUT2D eigenvalue weighted by atomic mass is 9.96. The maximum absolute atomic E-state index is 13.9. The van der Waals surface area contributed by atoms with Crippen molar-refractivity contribution in [3.05, 3.63) is 144 Å². The number of hydrogen-bond donors (Lipinski definition) is 3. The van der Waals surface area contributed by atoms with Gasteiger partial charge in [0.15, 0.2) is 0 Å². The third-order valence-corrected chi connectivity index (χ3v) is 11.4. The number of carbonyl (C=O) groups is 4. The number of amides is 4. The van der Waals surface area contributed by atoms with Gasteiger partial charge in [0.2, 0.25) is 23.6 Å². The van der Waals surface area contributed by atoms with Crippen molar-refractivity contribution >= 4 is 34.9 Å². The van der Waals surface area contributed by atoms with Crippen LogP contribution in [-0.4, -0.2) is 68.2 Å². The molecule has 294 valence electrons. The predicted octanol–water partition coefficient (Wildman–Crippen LogP) is 7.34. The summed E-state index contributed by atoms with van der Waals surface area (Å²) < 4.78 is 0. The van der Waals surface area contributed by atoms with Gasteiger partial charge in [-0.25, -0.2) is 4.98 Å². The van der Waals surface area contributed by atoms with Gasteiger partial charge in [-0.05, 0) is 64.6 Å². The SMILES string of the molecule is CC(=O)N[C@@H](C(=O)N1CCC[C@H]1C1=NC=C(c2ccc(-c3ccc(-c4cnc([C@@H]5CCCN5C(=O)[C@H](NC(C)=O)c5ccccc5)[nH]4)cc3)cc2)C1)c1ccccc1. The largest absolute Gasteiger partial charge is 0.341 e. The Morgan fingerprint density at radius 3 is 1.66 bits per heavy atom. The van der Waals surface area contributed by atoms with Crippen molar-refractivity contribution < 1.29 is 19.2 Å². The highest BCUT2D eigenvalue weighted by atomic mass is 16.2. The second kappa shape index (κ2) is 16.9. The monoisotopic (exact) mass is 773 g/mol. The highest BCUT2D eigenvalue weighted by Gasteiger charge is 2.38. The number of nitrogens with one attached hydrogen (secondary N) is 3. The van der Waals surface area contributed by atoms with Gasteiger partial charge < -0.3 is 25.4 Å². The Morgan fingerprint density at radius 2 is 1.12 bits per heavy atom. The van der Waals surface area contributed by atoms with Crippen LogP contribution in [0.4, 0.5) is 0 Å². The number of aromatic nitrogens is 2. The van der Waals surface area contributed by atoms with Crippen molar-refractivity contribution in [2.75, 3.05) is 13.1 Å². The second-order valence-corrected chi connectivity index (χ2v) is 15.3. The topological polar surface area (TPSA) is 140 Å². The summed E-state index contributed by atoms with van der Waals surface area (Å²) in [5.74, 6) is -0.00919. The third kappa shape index (κ3) is 8.11. The van der Waals surface area contributed by atoms with E-state index in [1.807, 2.05) is 82.9 Å². The van der Waals surface area contributed by atoms with Crippen molar-refractivity contribution in [2.24, 2.45) is 4.99 Å². The molecule has 0 unspecified atom stereocenters. The molecule has 4 heterocycles. The number of carbonyl (C=O) groups excluding carboxylic acids is 4. The van der Waals surface area contributed by atoms with Crippen molar-refractivity contribution in [3.8, 4) is 22.4 Å². The molecule has 4 aromatic carbocycles. The van der Waals surface area contributed by atoms with Crippen LogP contribution in [0.2, 0.25) is 0 Å². The minimum atomic E-state index is -0.757. The molecule has 0 spiro atoms. The number of aromatic amines is 1. The number of H-pyrrole nitrogens is 1. The number of nitrogens with zero attached hydrogens (tertiary/aromatic N) is 4. The van der Waals surface area contributed by atoms with E-state index in [2.05, 4.69) is 64.1 Å². The molecule has 0 bridgehead atoms. The Bertz CT molecular complexity index is 2350. The van der Waals surface area contributed by atoms with E-state index in [-0.39, 0.29) is 35.7 Å². The van der Waals surface area contributed by atoms with E-state index in [4.69, 9.17) is 9.98 Å². The molecule has 1 aromatic heterocycles. The zero-order chi connectivity index (χ0) is 40.2. The highest BCUT2D eigenvalue weighted by molar-refractivity contribution is 6.04. The van der Waals surface area contributed by atoms with E-state index in [1.165, 1.54) is 13.8 Å². The Labute approximate surface area is 338 Å². The number of aliphatic imine (C=N–C) groups is 1. The van der Waals surface area contributed by atoms with Crippen LogP contribution in [-0.2, 0) is 19.2 Å². The Morgan fingerprint density at radius 1 is 0.638 bits per heavy atom. The third-order valence-electron chi connectivity index (χ3n) is 11.4. The van der Waals surface area contributed by atoms with Crippen LogP contribution in [0.1, 0.15) is 86.6 Å². The summed E-state index contributed by atoms with van der Waals surface area (Å²) in [5.41, 5.74) is 8.73.